The third-order valence-electron chi connectivity index (χ3n) is 6.50. The summed E-state index contributed by atoms with van der Waals surface area (Å²) in [4.78, 5) is 18.9. The molecule has 8 heteroatoms. The van der Waals surface area contributed by atoms with Crippen LogP contribution in [0.15, 0.2) is 59.6 Å². The van der Waals surface area contributed by atoms with E-state index in [1.165, 1.54) is 4.31 Å². The highest BCUT2D eigenvalue weighted by Gasteiger charge is 2.26. The van der Waals surface area contributed by atoms with E-state index in [4.69, 9.17) is 4.74 Å². The Morgan fingerprint density at radius 1 is 1.06 bits per heavy atom. The van der Waals surface area contributed by atoms with Crippen molar-refractivity contribution in [3.63, 3.8) is 0 Å². The molecule has 0 bridgehead atoms. The molecule has 1 atom stereocenters. The number of aromatic amines is 1. The van der Waals surface area contributed by atoms with Gasteiger partial charge in [0.15, 0.2) is 0 Å². The summed E-state index contributed by atoms with van der Waals surface area (Å²) in [6.45, 7) is 8.02. The number of nitrogens with one attached hydrogen (secondary N) is 1. The van der Waals surface area contributed by atoms with Crippen LogP contribution >= 0.6 is 0 Å². The van der Waals surface area contributed by atoms with Gasteiger partial charge in [-0.05, 0) is 67.6 Å². The maximum atomic E-state index is 13.5. The van der Waals surface area contributed by atoms with Crippen LogP contribution in [0.2, 0.25) is 0 Å². The topological polar surface area (TPSA) is 82.7 Å². The number of fused-ring (bicyclic) bond motifs is 1. The van der Waals surface area contributed by atoms with Gasteiger partial charge in [0.05, 0.1) is 18.1 Å². The second kappa shape index (κ2) is 10.9. The maximum Gasteiger partial charge on any atom is 0.243 e. The van der Waals surface area contributed by atoms with Crippen molar-refractivity contribution in [3.8, 4) is 0 Å². The third-order valence-corrected chi connectivity index (χ3v) is 8.41. The summed E-state index contributed by atoms with van der Waals surface area (Å²) in [5.41, 5.74) is 2.89. The first-order chi connectivity index (χ1) is 16.8. The van der Waals surface area contributed by atoms with E-state index in [0.29, 0.717) is 45.1 Å². The molecule has 1 aromatic heterocycles. The van der Waals surface area contributed by atoms with Crippen LogP contribution in [-0.2, 0) is 26.0 Å². The average molecular weight is 498 g/mol. The summed E-state index contributed by atoms with van der Waals surface area (Å²) >= 11 is 0. The molecule has 2 heterocycles. The zero-order valence-electron chi connectivity index (χ0n) is 20.7. The number of morpholine rings is 1. The van der Waals surface area contributed by atoms with E-state index in [2.05, 4.69) is 31.8 Å². The van der Waals surface area contributed by atoms with Crippen LogP contribution in [0.3, 0.4) is 0 Å². The molecule has 1 aliphatic heterocycles. The van der Waals surface area contributed by atoms with Crippen LogP contribution in [-0.4, -0.2) is 56.0 Å². The highest BCUT2D eigenvalue weighted by molar-refractivity contribution is 7.89. The molecule has 0 aliphatic carbocycles. The largest absolute Gasteiger partial charge is 0.379 e. The molecule has 188 valence electrons. The Morgan fingerprint density at radius 2 is 1.77 bits per heavy atom. The van der Waals surface area contributed by atoms with Gasteiger partial charge < -0.3 is 14.6 Å². The third kappa shape index (κ3) is 5.94. The van der Waals surface area contributed by atoms with E-state index < -0.39 is 10.0 Å². The number of nitrogens with zero attached hydrogens (tertiary/aromatic N) is 2. The number of H-pyrrole nitrogens is 1. The molecule has 1 unspecified atom stereocenters. The van der Waals surface area contributed by atoms with E-state index in [9.17, 15) is 13.2 Å². The second-order valence-corrected chi connectivity index (χ2v) is 11.6. The fraction of sp³-hybridized carbons (Fsp3) is 0.444. The minimum absolute atomic E-state index is 0.0676. The lowest BCUT2D eigenvalue weighted by atomic mass is 10.0. The quantitative estimate of drug-likeness (QED) is 0.469. The summed E-state index contributed by atoms with van der Waals surface area (Å²) in [6.07, 6.45) is 3.71. The van der Waals surface area contributed by atoms with Gasteiger partial charge in [0.25, 0.3) is 0 Å². The fourth-order valence-electron chi connectivity index (χ4n) is 4.76. The van der Waals surface area contributed by atoms with Crippen molar-refractivity contribution in [1.82, 2.24) is 9.29 Å². The molecular weight excluding hydrogens is 462 g/mol. The zero-order valence-corrected chi connectivity index (χ0v) is 21.6. The van der Waals surface area contributed by atoms with Gasteiger partial charge >= 0.3 is 0 Å². The van der Waals surface area contributed by atoms with Gasteiger partial charge in [0, 0.05) is 48.3 Å². The summed E-state index contributed by atoms with van der Waals surface area (Å²) in [5, 5.41) is 1.08. The lowest BCUT2D eigenvalue weighted by molar-refractivity contribution is -0.119. The summed E-state index contributed by atoms with van der Waals surface area (Å²) in [5.74, 6) is 0.537. The van der Waals surface area contributed by atoms with Gasteiger partial charge in [-0.2, -0.15) is 4.31 Å². The van der Waals surface area contributed by atoms with Crippen molar-refractivity contribution < 1.29 is 17.9 Å². The minimum Gasteiger partial charge on any atom is -0.379 e. The summed E-state index contributed by atoms with van der Waals surface area (Å²) in [6, 6.07) is 15.1. The first kappa shape index (κ1) is 25.4. The van der Waals surface area contributed by atoms with Gasteiger partial charge in [-0.25, -0.2) is 8.42 Å². The molecular formula is C27H35N3O4S. The molecule has 0 saturated carbocycles. The van der Waals surface area contributed by atoms with Gasteiger partial charge in [0.1, 0.15) is 0 Å². The Balaban J connectivity index is 1.47. The van der Waals surface area contributed by atoms with Crippen molar-refractivity contribution in [2.24, 2.45) is 5.92 Å². The van der Waals surface area contributed by atoms with Crippen LogP contribution in [0.25, 0.3) is 10.9 Å². The van der Waals surface area contributed by atoms with Crippen molar-refractivity contribution >= 4 is 32.5 Å². The first-order valence-electron chi connectivity index (χ1n) is 12.3. The smallest absolute Gasteiger partial charge is 0.243 e. The molecule has 1 N–H and O–H groups in total. The Bertz CT molecular complexity index is 1240. The number of carbonyl (C=O) groups excluding carboxylic acids is 1. The van der Waals surface area contributed by atoms with E-state index in [1.807, 2.05) is 41.4 Å². The number of rotatable bonds is 9. The molecule has 0 spiro atoms. The van der Waals surface area contributed by atoms with Crippen LogP contribution in [0.5, 0.6) is 0 Å². The Morgan fingerprint density at radius 3 is 2.46 bits per heavy atom. The van der Waals surface area contributed by atoms with Crippen molar-refractivity contribution in [1.29, 1.82) is 0 Å². The van der Waals surface area contributed by atoms with E-state index in [-0.39, 0.29) is 16.8 Å². The average Bonchev–Trinajstić information content (AvgIpc) is 3.31. The van der Waals surface area contributed by atoms with Crippen molar-refractivity contribution in [2.45, 2.75) is 51.0 Å². The van der Waals surface area contributed by atoms with Gasteiger partial charge in [-0.3, -0.25) is 4.79 Å². The van der Waals surface area contributed by atoms with Crippen LogP contribution in [0.4, 0.5) is 5.69 Å². The van der Waals surface area contributed by atoms with Gasteiger partial charge in [-0.1, -0.05) is 26.0 Å². The number of aromatic nitrogens is 1. The first-order valence-corrected chi connectivity index (χ1v) is 13.8. The molecule has 1 aliphatic rings. The Hall–Kier alpha value is -2.68. The highest BCUT2D eigenvalue weighted by Crippen LogP contribution is 2.27. The predicted molar refractivity (Wildman–Crippen MR) is 139 cm³/mol. The molecule has 2 aromatic carbocycles. The molecule has 4 rings (SSSR count). The SMILES string of the molecule is CC(C)CC(C)N(C(=O)CCc1ccc(S(=O)(=O)N2CCOCC2)cc1)c1ccc2[nH]ccc2c1. The van der Waals surface area contributed by atoms with Crippen molar-refractivity contribution in [2.75, 3.05) is 31.2 Å². The number of hydrogen-bond donors (Lipinski definition) is 1. The number of amides is 1. The van der Waals surface area contributed by atoms with Crippen LogP contribution in [0, 0.1) is 5.92 Å². The Labute approximate surface area is 208 Å². The molecule has 1 saturated heterocycles. The number of ether oxygens (including phenoxy) is 1. The number of benzene rings is 2. The molecule has 35 heavy (non-hydrogen) atoms. The second-order valence-electron chi connectivity index (χ2n) is 9.65. The van der Waals surface area contributed by atoms with E-state index in [0.717, 1.165) is 28.6 Å². The van der Waals surface area contributed by atoms with E-state index in [1.54, 1.807) is 12.1 Å². The predicted octanol–water partition coefficient (Wildman–Crippen LogP) is 4.59. The maximum absolute atomic E-state index is 13.5. The number of carbonyl (C=O) groups is 1. The molecule has 1 amide bonds. The lowest BCUT2D eigenvalue weighted by Crippen LogP contribution is -2.40. The van der Waals surface area contributed by atoms with Crippen LogP contribution in [0.1, 0.15) is 39.2 Å². The van der Waals surface area contributed by atoms with Gasteiger partial charge in [0.2, 0.25) is 15.9 Å². The number of aryl methyl sites for hydroxylation is 1. The minimum atomic E-state index is -3.52. The lowest BCUT2D eigenvalue weighted by Gasteiger charge is -2.31. The highest BCUT2D eigenvalue weighted by atomic mass is 32.2. The zero-order chi connectivity index (χ0) is 25.0. The molecule has 1 fully saturated rings. The number of anilines is 1. The molecule has 7 nitrogen and oxygen atoms in total. The molecule has 0 radical (unpaired) electrons. The van der Waals surface area contributed by atoms with E-state index >= 15 is 0 Å². The van der Waals surface area contributed by atoms with Crippen molar-refractivity contribution in [3.05, 3.63) is 60.3 Å². The molecule has 3 aromatic rings. The van der Waals surface area contributed by atoms with Crippen LogP contribution < -0.4 is 4.90 Å². The number of hydrogen-bond acceptors (Lipinski definition) is 4. The normalized spacial score (nSPS) is 16.0. The summed E-state index contributed by atoms with van der Waals surface area (Å²) < 4.78 is 32.4. The number of sulfonamides is 1. The van der Waals surface area contributed by atoms with Gasteiger partial charge in [-0.15, -0.1) is 0 Å². The standard InChI is InChI=1S/C27H35N3O4S/c1-20(2)18-21(3)30(24-7-10-26-23(19-24)12-13-28-26)27(31)11-6-22-4-8-25(9-5-22)35(32,33)29-14-16-34-17-15-29/h4-5,7-10,12-13,19-21,28H,6,11,14-18H2,1-3H3. The fourth-order valence-corrected chi connectivity index (χ4v) is 6.17. The summed E-state index contributed by atoms with van der Waals surface area (Å²) in [7, 11) is -3.52. The Kier molecular flexibility index (Phi) is 7.94. The monoisotopic (exact) mass is 497 g/mol.